The van der Waals surface area contributed by atoms with Crippen molar-refractivity contribution in [1.82, 2.24) is 10.3 Å². The number of nitrogens with zero attached hydrogens (tertiary/aromatic N) is 1. The molecule has 1 N–H and O–H groups in total. The molecule has 2 nitrogen and oxygen atoms in total. The first-order valence-corrected chi connectivity index (χ1v) is 7.23. The number of aromatic nitrogens is 1. The predicted octanol–water partition coefficient (Wildman–Crippen LogP) is 4.01. The summed E-state index contributed by atoms with van der Waals surface area (Å²) in [5.74, 6) is 0.656. The molecule has 2 atom stereocenters. The van der Waals surface area contributed by atoms with Crippen molar-refractivity contribution in [2.24, 2.45) is 5.92 Å². The van der Waals surface area contributed by atoms with Crippen molar-refractivity contribution >= 4 is 33.2 Å². The van der Waals surface area contributed by atoms with Crippen LogP contribution in [0.1, 0.15) is 30.8 Å². The quantitative estimate of drug-likeness (QED) is 0.844. The smallest absolute Gasteiger partial charge is 0.111 e. The van der Waals surface area contributed by atoms with Crippen LogP contribution in [-0.2, 0) is 0 Å². The Balaban J connectivity index is 2.02. The first kappa shape index (κ1) is 11.5. The van der Waals surface area contributed by atoms with Gasteiger partial charge in [-0.25, -0.2) is 4.98 Å². The highest BCUT2D eigenvalue weighted by Crippen LogP contribution is 2.36. The van der Waals surface area contributed by atoms with Gasteiger partial charge in [0.25, 0.3) is 0 Å². The molecule has 17 heavy (non-hydrogen) atoms. The van der Waals surface area contributed by atoms with Crippen molar-refractivity contribution in [2.45, 2.75) is 25.8 Å². The van der Waals surface area contributed by atoms with Gasteiger partial charge in [-0.2, -0.15) is 0 Å². The van der Waals surface area contributed by atoms with Crippen molar-refractivity contribution in [3.8, 4) is 0 Å². The molecular formula is C13H15ClN2S. The summed E-state index contributed by atoms with van der Waals surface area (Å²) in [7, 11) is 0. The SMILES string of the molecule is CC1CCCNC1c1nc2cccc(Cl)c2s1. The van der Waals surface area contributed by atoms with Crippen LogP contribution in [0.5, 0.6) is 0 Å². The van der Waals surface area contributed by atoms with Gasteiger partial charge in [0, 0.05) is 0 Å². The van der Waals surface area contributed by atoms with Crippen molar-refractivity contribution in [3.05, 3.63) is 28.2 Å². The minimum absolute atomic E-state index is 0.400. The van der Waals surface area contributed by atoms with Gasteiger partial charge in [-0.15, -0.1) is 11.3 Å². The Morgan fingerprint density at radius 1 is 1.47 bits per heavy atom. The van der Waals surface area contributed by atoms with E-state index in [9.17, 15) is 0 Å². The first-order chi connectivity index (χ1) is 8.25. The van der Waals surface area contributed by atoms with Gasteiger partial charge < -0.3 is 5.32 Å². The third-order valence-electron chi connectivity index (χ3n) is 3.42. The highest BCUT2D eigenvalue weighted by molar-refractivity contribution is 7.19. The molecule has 0 radical (unpaired) electrons. The number of nitrogens with one attached hydrogen (secondary N) is 1. The second kappa shape index (κ2) is 4.56. The van der Waals surface area contributed by atoms with Gasteiger partial charge in [0.1, 0.15) is 5.01 Å². The summed E-state index contributed by atoms with van der Waals surface area (Å²) in [6.45, 7) is 3.39. The molecule has 3 rings (SSSR count). The van der Waals surface area contributed by atoms with Crippen LogP contribution in [0.3, 0.4) is 0 Å². The van der Waals surface area contributed by atoms with E-state index in [0.29, 0.717) is 12.0 Å². The summed E-state index contributed by atoms with van der Waals surface area (Å²) in [4.78, 5) is 4.72. The van der Waals surface area contributed by atoms with Crippen LogP contribution in [0.2, 0.25) is 5.02 Å². The maximum atomic E-state index is 6.20. The third-order valence-corrected chi connectivity index (χ3v) is 5.03. The minimum atomic E-state index is 0.400. The number of hydrogen-bond donors (Lipinski definition) is 1. The summed E-state index contributed by atoms with van der Waals surface area (Å²) in [5, 5.41) is 5.57. The minimum Gasteiger partial charge on any atom is -0.308 e. The van der Waals surface area contributed by atoms with E-state index in [1.807, 2.05) is 18.2 Å². The Morgan fingerprint density at radius 3 is 3.12 bits per heavy atom. The van der Waals surface area contributed by atoms with E-state index in [1.54, 1.807) is 11.3 Å². The van der Waals surface area contributed by atoms with E-state index in [1.165, 1.54) is 17.8 Å². The molecule has 90 valence electrons. The molecule has 0 bridgehead atoms. The number of hydrogen-bond acceptors (Lipinski definition) is 3. The Morgan fingerprint density at radius 2 is 2.35 bits per heavy atom. The van der Waals surface area contributed by atoms with Gasteiger partial charge in [-0.1, -0.05) is 24.6 Å². The van der Waals surface area contributed by atoms with E-state index >= 15 is 0 Å². The molecular weight excluding hydrogens is 252 g/mol. The molecule has 0 saturated carbocycles. The Kier molecular flexibility index (Phi) is 3.07. The molecule has 1 fully saturated rings. The fraction of sp³-hybridized carbons (Fsp3) is 0.462. The molecule has 1 aromatic heterocycles. The summed E-state index contributed by atoms with van der Waals surface area (Å²) >= 11 is 7.92. The van der Waals surface area contributed by atoms with Gasteiger partial charge in [-0.3, -0.25) is 0 Å². The molecule has 0 aliphatic carbocycles. The number of rotatable bonds is 1. The largest absolute Gasteiger partial charge is 0.308 e. The average Bonchev–Trinajstić information content (AvgIpc) is 2.75. The standard InChI is InChI=1S/C13H15ClN2S/c1-8-4-3-7-15-11(8)13-16-10-6-2-5-9(14)12(10)17-13/h2,5-6,8,11,15H,3-4,7H2,1H3. The zero-order chi connectivity index (χ0) is 11.8. The number of piperidine rings is 1. The molecule has 2 aromatic rings. The number of fused-ring (bicyclic) bond motifs is 1. The zero-order valence-electron chi connectivity index (χ0n) is 9.74. The molecule has 0 amide bonds. The van der Waals surface area contributed by atoms with Crippen molar-refractivity contribution in [1.29, 1.82) is 0 Å². The van der Waals surface area contributed by atoms with Crippen LogP contribution < -0.4 is 5.32 Å². The molecule has 2 heterocycles. The Hall–Kier alpha value is -0.640. The third kappa shape index (κ3) is 2.07. The predicted molar refractivity (Wildman–Crippen MR) is 73.8 cm³/mol. The van der Waals surface area contributed by atoms with E-state index in [-0.39, 0.29) is 0 Å². The van der Waals surface area contributed by atoms with Crippen molar-refractivity contribution in [2.75, 3.05) is 6.54 Å². The molecule has 1 aliphatic rings. The second-order valence-corrected chi connectivity index (χ2v) is 6.13. The van der Waals surface area contributed by atoms with Crippen LogP contribution in [0.25, 0.3) is 10.2 Å². The van der Waals surface area contributed by atoms with E-state index in [4.69, 9.17) is 16.6 Å². The fourth-order valence-corrected chi connectivity index (χ4v) is 3.91. The van der Waals surface area contributed by atoms with E-state index < -0.39 is 0 Å². The lowest BCUT2D eigenvalue weighted by Gasteiger charge is -2.28. The monoisotopic (exact) mass is 266 g/mol. The van der Waals surface area contributed by atoms with Crippen molar-refractivity contribution < 1.29 is 0 Å². The van der Waals surface area contributed by atoms with Crippen LogP contribution in [-0.4, -0.2) is 11.5 Å². The molecule has 0 spiro atoms. The summed E-state index contributed by atoms with van der Waals surface area (Å²) in [6.07, 6.45) is 2.55. The van der Waals surface area contributed by atoms with E-state index in [0.717, 1.165) is 21.8 Å². The fourth-order valence-electron chi connectivity index (χ4n) is 2.45. The van der Waals surface area contributed by atoms with Crippen molar-refractivity contribution in [3.63, 3.8) is 0 Å². The normalized spacial score (nSPS) is 25.3. The Bertz CT molecular complexity index is 537. The van der Waals surface area contributed by atoms with Gasteiger partial charge in [-0.05, 0) is 37.4 Å². The van der Waals surface area contributed by atoms with Gasteiger partial charge in [0.2, 0.25) is 0 Å². The van der Waals surface area contributed by atoms with Gasteiger partial charge in [0.15, 0.2) is 0 Å². The maximum Gasteiger partial charge on any atom is 0.111 e. The van der Waals surface area contributed by atoms with Gasteiger partial charge in [0.05, 0.1) is 21.3 Å². The highest BCUT2D eigenvalue weighted by Gasteiger charge is 2.25. The van der Waals surface area contributed by atoms with Crippen LogP contribution in [0.15, 0.2) is 18.2 Å². The molecule has 1 aliphatic heterocycles. The lowest BCUT2D eigenvalue weighted by molar-refractivity contribution is 0.305. The lowest BCUT2D eigenvalue weighted by Crippen LogP contribution is -2.32. The highest BCUT2D eigenvalue weighted by atomic mass is 35.5. The summed E-state index contributed by atoms with van der Waals surface area (Å²) in [5.41, 5.74) is 1.03. The van der Waals surface area contributed by atoms with E-state index in [2.05, 4.69) is 12.2 Å². The lowest BCUT2D eigenvalue weighted by atomic mass is 9.93. The molecule has 1 aromatic carbocycles. The maximum absolute atomic E-state index is 6.20. The number of thiazole rings is 1. The molecule has 1 saturated heterocycles. The first-order valence-electron chi connectivity index (χ1n) is 6.04. The molecule has 2 unspecified atom stereocenters. The number of benzene rings is 1. The van der Waals surface area contributed by atoms with Crippen LogP contribution >= 0.6 is 22.9 Å². The molecule has 4 heteroatoms. The summed E-state index contributed by atoms with van der Waals surface area (Å²) < 4.78 is 1.11. The summed E-state index contributed by atoms with van der Waals surface area (Å²) in [6, 6.07) is 6.33. The van der Waals surface area contributed by atoms with Crippen LogP contribution in [0, 0.1) is 5.92 Å². The second-order valence-electron chi connectivity index (χ2n) is 4.69. The zero-order valence-corrected chi connectivity index (χ0v) is 11.3. The average molecular weight is 267 g/mol. The number of halogens is 1. The van der Waals surface area contributed by atoms with Gasteiger partial charge >= 0.3 is 0 Å². The Labute approximate surface area is 110 Å². The van der Waals surface area contributed by atoms with Crippen LogP contribution in [0.4, 0.5) is 0 Å². The topological polar surface area (TPSA) is 24.9 Å².